The van der Waals surface area contributed by atoms with E-state index in [0.29, 0.717) is 11.4 Å². The topological polar surface area (TPSA) is 37.1 Å². The summed E-state index contributed by atoms with van der Waals surface area (Å²) in [5.74, 6) is 0.357. The summed E-state index contributed by atoms with van der Waals surface area (Å²) >= 11 is 3.64. The molecular weight excluding hydrogens is 474 g/mol. The van der Waals surface area contributed by atoms with Gasteiger partial charge in [0.05, 0.1) is 4.47 Å². The van der Waals surface area contributed by atoms with E-state index in [9.17, 15) is 4.79 Å². The summed E-state index contributed by atoms with van der Waals surface area (Å²) in [6.45, 7) is 4.06. The lowest BCUT2D eigenvalue weighted by molar-refractivity contribution is -0.674. The second kappa shape index (κ2) is 9.86. The van der Waals surface area contributed by atoms with Gasteiger partial charge in [-0.15, -0.1) is 0 Å². The number of anilines is 1. The highest BCUT2D eigenvalue weighted by atomic mass is 79.9. The van der Waals surface area contributed by atoms with Crippen LogP contribution in [-0.2, 0) is 0 Å². The fourth-order valence-corrected chi connectivity index (χ4v) is 3.66. The van der Waals surface area contributed by atoms with E-state index in [4.69, 9.17) is 0 Å². The zero-order valence-electron chi connectivity index (χ0n) is 17.2. The molecule has 0 aliphatic carbocycles. The van der Waals surface area contributed by atoms with E-state index >= 15 is 0 Å². The van der Waals surface area contributed by atoms with Crippen LogP contribution in [0.1, 0.15) is 21.5 Å². The minimum absolute atomic E-state index is 0. The Kier molecular flexibility index (Phi) is 7.21. The van der Waals surface area contributed by atoms with Crippen molar-refractivity contribution in [1.29, 1.82) is 0 Å². The maximum absolute atomic E-state index is 13.4. The molecule has 156 valence electrons. The number of carbonyl (C=O) groups is 1. The third-order valence-electron chi connectivity index (χ3n) is 4.83. The Hall–Kier alpha value is -3.02. The van der Waals surface area contributed by atoms with Gasteiger partial charge >= 0.3 is 5.91 Å². The number of carbonyl (C=O) groups excluding carboxylic acids is 1. The van der Waals surface area contributed by atoms with Crippen LogP contribution < -0.4 is 22.1 Å². The van der Waals surface area contributed by atoms with Gasteiger partial charge in [0.2, 0.25) is 18.2 Å². The first-order valence-corrected chi connectivity index (χ1v) is 10.4. The van der Waals surface area contributed by atoms with E-state index in [0.717, 1.165) is 21.2 Å². The molecule has 0 atom stereocenters. The van der Waals surface area contributed by atoms with Crippen LogP contribution in [0.4, 0.5) is 5.82 Å². The van der Waals surface area contributed by atoms with Gasteiger partial charge in [-0.1, -0.05) is 63.3 Å². The highest BCUT2D eigenvalue weighted by Crippen LogP contribution is 2.29. The number of pyridine rings is 2. The molecule has 0 bridgehead atoms. The van der Waals surface area contributed by atoms with Crippen molar-refractivity contribution in [3.8, 4) is 11.1 Å². The van der Waals surface area contributed by atoms with Crippen LogP contribution in [0.2, 0.25) is 0 Å². The molecule has 2 heterocycles. The highest BCUT2D eigenvalue weighted by molar-refractivity contribution is 9.10. The lowest BCUT2D eigenvalue weighted by Crippen LogP contribution is -3.00. The van der Waals surface area contributed by atoms with Crippen LogP contribution in [0, 0.1) is 13.8 Å². The number of aryl methyl sites for hydroxylation is 2. The predicted octanol–water partition coefficient (Wildman–Crippen LogP) is 2.53. The number of hydrogen-bond acceptors (Lipinski definition) is 2. The molecule has 4 nitrogen and oxygen atoms in total. The van der Waals surface area contributed by atoms with Crippen molar-refractivity contribution >= 4 is 27.7 Å². The van der Waals surface area contributed by atoms with E-state index in [1.54, 1.807) is 15.9 Å². The lowest BCUT2D eigenvalue weighted by Gasteiger charge is -2.17. The number of halogens is 2. The molecule has 0 radical (unpaired) electrons. The minimum atomic E-state index is -0.164. The zero-order chi connectivity index (χ0) is 21.1. The van der Waals surface area contributed by atoms with Crippen LogP contribution in [0.15, 0.2) is 95.9 Å². The van der Waals surface area contributed by atoms with Crippen LogP contribution in [0.3, 0.4) is 0 Å². The summed E-state index contributed by atoms with van der Waals surface area (Å²) in [6, 6.07) is 23.5. The molecule has 0 unspecified atom stereocenters. The first-order valence-electron chi connectivity index (χ1n) is 9.63. The van der Waals surface area contributed by atoms with E-state index in [1.165, 1.54) is 5.56 Å². The average Bonchev–Trinajstić information content (AvgIpc) is 2.77. The maximum Gasteiger partial charge on any atom is 0.316 e. The largest absolute Gasteiger partial charge is 1.00 e. The van der Waals surface area contributed by atoms with E-state index < -0.39 is 0 Å². The van der Waals surface area contributed by atoms with Crippen molar-refractivity contribution in [3.05, 3.63) is 113 Å². The summed E-state index contributed by atoms with van der Waals surface area (Å²) in [5.41, 5.74) is 4.95. The van der Waals surface area contributed by atoms with E-state index in [-0.39, 0.29) is 18.3 Å². The number of amides is 1. The maximum atomic E-state index is 13.4. The van der Waals surface area contributed by atoms with Gasteiger partial charge in [0.1, 0.15) is 0 Å². The molecule has 4 aromatic rings. The molecule has 31 heavy (non-hydrogen) atoms. The number of aromatic nitrogens is 2. The number of hydrogen-bond donors (Lipinski definition) is 0. The number of benzene rings is 2. The van der Waals surface area contributed by atoms with Gasteiger partial charge in [-0.2, -0.15) is 0 Å². The van der Waals surface area contributed by atoms with Gasteiger partial charge in [-0.3, -0.25) is 4.79 Å². The van der Waals surface area contributed by atoms with Crippen molar-refractivity contribution in [1.82, 2.24) is 4.98 Å². The SMILES string of the molecule is Cc1ccc(C(=O)N(c2ncc(-c3ccc(C)cc3)cc2Br)[n+]2ccccc2)cc1.[Cl-]. The van der Waals surface area contributed by atoms with Gasteiger partial charge < -0.3 is 12.4 Å². The molecule has 1 amide bonds. The summed E-state index contributed by atoms with van der Waals surface area (Å²) in [5, 5.41) is 1.56. The van der Waals surface area contributed by atoms with Crippen molar-refractivity contribution in [3.63, 3.8) is 0 Å². The van der Waals surface area contributed by atoms with Crippen molar-refractivity contribution < 1.29 is 21.9 Å². The third kappa shape index (κ3) is 5.01. The first-order chi connectivity index (χ1) is 14.5. The van der Waals surface area contributed by atoms with Gasteiger partial charge in [-0.25, -0.2) is 4.98 Å². The Balaban J connectivity index is 0.00000272. The first kappa shape index (κ1) is 22.7. The second-order valence-corrected chi connectivity index (χ2v) is 7.99. The third-order valence-corrected chi connectivity index (χ3v) is 5.41. The Labute approximate surface area is 196 Å². The summed E-state index contributed by atoms with van der Waals surface area (Å²) in [6.07, 6.45) is 5.45. The quantitative estimate of drug-likeness (QED) is 0.409. The second-order valence-electron chi connectivity index (χ2n) is 7.13. The normalized spacial score (nSPS) is 10.3. The van der Waals surface area contributed by atoms with Gasteiger partial charge in [0.15, 0.2) is 0 Å². The highest BCUT2D eigenvalue weighted by Gasteiger charge is 2.29. The Morgan fingerprint density at radius 1 is 0.871 bits per heavy atom. The van der Waals surface area contributed by atoms with Crippen molar-refractivity contribution in [2.75, 3.05) is 5.01 Å². The monoisotopic (exact) mass is 493 g/mol. The lowest BCUT2D eigenvalue weighted by atomic mass is 10.1. The molecule has 0 spiro atoms. The Morgan fingerprint density at radius 3 is 2.03 bits per heavy atom. The number of rotatable bonds is 4. The standard InChI is InChI=1S/C25H21BrN3O.ClH/c1-18-6-10-20(11-7-18)22-16-23(26)24(27-17-22)29(28-14-4-3-5-15-28)25(30)21-12-8-19(2)9-13-21;/h3-17H,1-2H3;1H/q+1;/p-1. The molecule has 0 saturated carbocycles. The van der Waals surface area contributed by atoms with Crippen LogP contribution in [0.25, 0.3) is 11.1 Å². The molecular formula is C25H21BrClN3O. The van der Waals surface area contributed by atoms with Crippen LogP contribution in [-0.4, -0.2) is 10.9 Å². The predicted molar refractivity (Wildman–Crippen MR) is 122 cm³/mol. The molecule has 0 fully saturated rings. The summed E-state index contributed by atoms with van der Waals surface area (Å²) in [7, 11) is 0. The molecule has 0 aliphatic heterocycles. The Bertz CT molecular complexity index is 1180. The summed E-state index contributed by atoms with van der Waals surface area (Å²) < 4.78 is 2.47. The Morgan fingerprint density at radius 2 is 1.45 bits per heavy atom. The molecule has 6 heteroatoms. The van der Waals surface area contributed by atoms with Crippen molar-refractivity contribution in [2.24, 2.45) is 0 Å². The van der Waals surface area contributed by atoms with Crippen LogP contribution in [0.5, 0.6) is 0 Å². The van der Waals surface area contributed by atoms with Gasteiger partial charge in [0.25, 0.3) is 0 Å². The fraction of sp³-hybridized carbons (Fsp3) is 0.0800. The molecule has 0 saturated heterocycles. The summed E-state index contributed by atoms with van der Waals surface area (Å²) in [4.78, 5) is 18.1. The fourth-order valence-electron chi connectivity index (χ4n) is 3.14. The molecule has 2 aromatic heterocycles. The smallest absolute Gasteiger partial charge is 0.316 e. The minimum Gasteiger partial charge on any atom is -1.00 e. The van der Waals surface area contributed by atoms with Crippen molar-refractivity contribution in [2.45, 2.75) is 13.8 Å². The molecule has 4 rings (SSSR count). The average molecular weight is 495 g/mol. The van der Waals surface area contributed by atoms with Gasteiger partial charge in [-0.05, 0) is 53.5 Å². The van der Waals surface area contributed by atoms with E-state index in [1.807, 2.05) is 67.8 Å². The molecule has 0 aliphatic rings. The number of nitrogens with zero attached hydrogens (tertiary/aromatic N) is 3. The van der Waals surface area contributed by atoms with Gasteiger partial charge in [0, 0.05) is 29.5 Å². The molecule has 0 N–H and O–H groups in total. The van der Waals surface area contributed by atoms with E-state index in [2.05, 4.69) is 52.1 Å². The zero-order valence-corrected chi connectivity index (χ0v) is 19.5. The molecule has 2 aromatic carbocycles. The van der Waals surface area contributed by atoms with Crippen LogP contribution >= 0.6 is 15.9 Å².